The maximum atomic E-state index is 12.1. The smallest absolute Gasteiger partial charge is 0.317 e. The van der Waals surface area contributed by atoms with Crippen LogP contribution in [0.4, 0.5) is 4.79 Å². The molecule has 124 valence electrons. The Bertz CT molecular complexity index is 614. The van der Waals surface area contributed by atoms with Gasteiger partial charge in [0.25, 0.3) is 0 Å². The molecule has 0 saturated heterocycles. The fourth-order valence-corrected chi connectivity index (χ4v) is 3.18. The second-order valence-corrected chi connectivity index (χ2v) is 6.73. The zero-order valence-electron chi connectivity index (χ0n) is 13.2. The number of urea groups is 1. The van der Waals surface area contributed by atoms with E-state index in [0.717, 1.165) is 11.1 Å². The maximum absolute atomic E-state index is 12.1. The molecule has 0 aliphatic carbocycles. The van der Waals surface area contributed by atoms with Crippen LogP contribution in [0, 0.1) is 0 Å². The molecule has 1 atom stereocenters. The number of hydrogen-bond acceptors (Lipinski definition) is 3. The molecule has 2 amide bonds. The molecular weight excluding hydrogens is 312 g/mol. The fourth-order valence-electron chi connectivity index (χ4n) is 2.15. The Kier molecular flexibility index (Phi) is 6.87. The van der Waals surface area contributed by atoms with Crippen molar-refractivity contribution in [3.63, 3.8) is 0 Å². The van der Waals surface area contributed by atoms with Crippen LogP contribution >= 0.6 is 0 Å². The van der Waals surface area contributed by atoms with Gasteiger partial charge in [0.05, 0.1) is 19.1 Å². The van der Waals surface area contributed by atoms with Crippen LogP contribution in [0.5, 0.6) is 0 Å². The van der Waals surface area contributed by atoms with E-state index in [1.165, 1.54) is 0 Å². The number of rotatable bonds is 8. The number of hydrogen-bond donors (Lipinski definition) is 1. The molecule has 2 aromatic rings. The molecule has 1 aromatic heterocycles. The van der Waals surface area contributed by atoms with E-state index in [9.17, 15) is 9.00 Å². The third kappa shape index (κ3) is 5.90. The molecule has 0 aliphatic heterocycles. The molecule has 23 heavy (non-hydrogen) atoms. The SMILES string of the molecule is CCN(Cc1ccoc1)C(=O)NCC[S@@](=O)Cc1ccccc1. The normalized spacial score (nSPS) is 11.9. The molecule has 6 heteroatoms. The lowest BCUT2D eigenvalue weighted by Crippen LogP contribution is -2.40. The number of amides is 2. The zero-order valence-corrected chi connectivity index (χ0v) is 14.1. The van der Waals surface area contributed by atoms with Crippen molar-refractivity contribution in [2.45, 2.75) is 19.2 Å². The van der Waals surface area contributed by atoms with E-state index in [-0.39, 0.29) is 6.03 Å². The van der Waals surface area contributed by atoms with Gasteiger partial charge in [0.15, 0.2) is 0 Å². The van der Waals surface area contributed by atoms with Crippen molar-refractivity contribution in [1.29, 1.82) is 0 Å². The first-order valence-corrected chi connectivity index (χ1v) is 9.10. The lowest BCUT2D eigenvalue weighted by atomic mass is 10.2. The summed E-state index contributed by atoms with van der Waals surface area (Å²) in [5.74, 6) is 0.965. The van der Waals surface area contributed by atoms with Crippen LogP contribution in [0.2, 0.25) is 0 Å². The van der Waals surface area contributed by atoms with E-state index in [1.54, 1.807) is 17.4 Å². The summed E-state index contributed by atoms with van der Waals surface area (Å²) in [5, 5.41) is 2.83. The third-order valence-electron chi connectivity index (χ3n) is 3.40. The summed E-state index contributed by atoms with van der Waals surface area (Å²) in [5.41, 5.74) is 2.00. The largest absolute Gasteiger partial charge is 0.472 e. The zero-order chi connectivity index (χ0) is 16.5. The second-order valence-electron chi connectivity index (χ2n) is 5.15. The summed E-state index contributed by atoms with van der Waals surface area (Å²) in [6.07, 6.45) is 3.22. The Morgan fingerprint density at radius 3 is 2.65 bits per heavy atom. The third-order valence-corrected chi connectivity index (χ3v) is 4.71. The van der Waals surface area contributed by atoms with Crippen molar-refractivity contribution in [3.05, 3.63) is 60.1 Å². The molecule has 5 nitrogen and oxygen atoms in total. The summed E-state index contributed by atoms with van der Waals surface area (Å²) in [7, 11) is -0.982. The highest BCUT2D eigenvalue weighted by Crippen LogP contribution is 2.05. The van der Waals surface area contributed by atoms with Gasteiger partial charge in [-0.25, -0.2) is 4.79 Å². The molecule has 0 fully saturated rings. The average molecular weight is 334 g/mol. The van der Waals surface area contributed by atoms with Crippen LogP contribution < -0.4 is 5.32 Å². The first kappa shape index (κ1) is 17.3. The predicted molar refractivity (Wildman–Crippen MR) is 91.3 cm³/mol. The van der Waals surface area contributed by atoms with Crippen LogP contribution in [0.15, 0.2) is 53.3 Å². The molecule has 0 unspecified atom stereocenters. The number of furan rings is 1. The number of carbonyl (C=O) groups is 1. The Labute approximate surface area is 139 Å². The van der Waals surface area contributed by atoms with Gasteiger partial charge >= 0.3 is 6.03 Å². The molecule has 2 rings (SSSR count). The number of nitrogens with zero attached hydrogens (tertiary/aromatic N) is 1. The number of carbonyl (C=O) groups excluding carboxylic acids is 1. The van der Waals surface area contributed by atoms with Crippen molar-refractivity contribution in [2.24, 2.45) is 0 Å². The molecule has 0 saturated carbocycles. The maximum Gasteiger partial charge on any atom is 0.317 e. The first-order chi connectivity index (χ1) is 11.2. The van der Waals surface area contributed by atoms with Gasteiger partial charge in [0.1, 0.15) is 0 Å². The minimum atomic E-state index is -0.982. The van der Waals surface area contributed by atoms with E-state index in [0.29, 0.717) is 31.1 Å². The van der Waals surface area contributed by atoms with E-state index in [1.807, 2.05) is 43.3 Å². The minimum Gasteiger partial charge on any atom is -0.472 e. The van der Waals surface area contributed by atoms with E-state index in [4.69, 9.17) is 4.42 Å². The van der Waals surface area contributed by atoms with Crippen molar-refractivity contribution < 1.29 is 13.4 Å². The van der Waals surface area contributed by atoms with Gasteiger partial charge in [-0.1, -0.05) is 30.3 Å². The van der Waals surface area contributed by atoms with Gasteiger partial charge in [0.2, 0.25) is 0 Å². The standard InChI is InChI=1S/C17H22N2O3S/c1-2-19(12-16-8-10-22-13-16)17(20)18-9-11-23(21)14-15-6-4-3-5-7-15/h3-8,10,13H,2,9,11-12,14H2,1H3,(H,18,20)/t23-/m1/s1. The predicted octanol–water partition coefficient (Wildman–Crippen LogP) is 2.76. The van der Waals surface area contributed by atoms with Crippen LogP contribution in [0.1, 0.15) is 18.1 Å². The van der Waals surface area contributed by atoms with E-state index >= 15 is 0 Å². The topological polar surface area (TPSA) is 62.6 Å². The summed E-state index contributed by atoms with van der Waals surface area (Å²) < 4.78 is 17.0. The minimum absolute atomic E-state index is 0.148. The van der Waals surface area contributed by atoms with Gasteiger partial charge in [-0.15, -0.1) is 0 Å². The summed E-state index contributed by atoms with van der Waals surface area (Å²) >= 11 is 0. The summed E-state index contributed by atoms with van der Waals surface area (Å²) in [4.78, 5) is 13.8. The molecule has 1 heterocycles. The van der Waals surface area contributed by atoms with Crippen LogP contribution in [0.3, 0.4) is 0 Å². The van der Waals surface area contributed by atoms with Crippen molar-refractivity contribution in [3.8, 4) is 0 Å². The Balaban J connectivity index is 1.71. The second kappa shape index (κ2) is 9.15. The lowest BCUT2D eigenvalue weighted by molar-refractivity contribution is 0.198. The highest BCUT2D eigenvalue weighted by molar-refractivity contribution is 7.84. The van der Waals surface area contributed by atoms with Crippen molar-refractivity contribution in [2.75, 3.05) is 18.8 Å². The Morgan fingerprint density at radius 1 is 1.22 bits per heavy atom. The Morgan fingerprint density at radius 2 is 2.00 bits per heavy atom. The fraction of sp³-hybridized carbons (Fsp3) is 0.353. The molecule has 0 bridgehead atoms. The Hall–Kier alpha value is -2.08. The van der Waals surface area contributed by atoms with Crippen LogP contribution in [-0.4, -0.2) is 34.0 Å². The first-order valence-electron chi connectivity index (χ1n) is 7.61. The van der Waals surface area contributed by atoms with Crippen LogP contribution in [0.25, 0.3) is 0 Å². The van der Waals surface area contributed by atoms with Crippen LogP contribution in [-0.2, 0) is 23.1 Å². The van der Waals surface area contributed by atoms with Crippen molar-refractivity contribution in [1.82, 2.24) is 10.2 Å². The monoisotopic (exact) mass is 334 g/mol. The highest BCUT2D eigenvalue weighted by Gasteiger charge is 2.12. The molecule has 1 N–H and O–H groups in total. The van der Waals surface area contributed by atoms with Gasteiger partial charge < -0.3 is 14.6 Å². The number of benzene rings is 1. The van der Waals surface area contributed by atoms with Gasteiger partial charge in [-0.3, -0.25) is 4.21 Å². The van der Waals surface area contributed by atoms with E-state index < -0.39 is 10.8 Å². The number of nitrogens with one attached hydrogen (secondary N) is 1. The summed E-state index contributed by atoms with van der Waals surface area (Å²) in [6.45, 7) is 3.43. The average Bonchev–Trinajstić information content (AvgIpc) is 3.06. The molecule has 0 radical (unpaired) electrons. The van der Waals surface area contributed by atoms with Gasteiger partial charge in [0, 0.05) is 41.0 Å². The van der Waals surface area contributed by atoms with Gasteiger partial charge in [-0.05, 0) is 18.6 Å². The quantitative estimate of drug-likeness (QED) is 0.807. The highest BCUT2D eigenvalue weighted by atomic mass is 32.2. The van der Waals surface area contributed by atoms with Crippen molar-refractivity contribution >= 4 is 16.8 Å². The molecule has 0 spiro atoms. The molecule has 0 aliphatic rings. The molecular formula is C17H22N2O3S. The van der Waals surface area contributed by atoms with Gasteiger partial charge in [-0.2, -0.15) is 0 Å². The molecule has 1 aromatic carbocycles. The summed E-state index contributed by atoms with van der Waals surface area (Å²) in [6, 6.07) is 11.4. The van der Waals surface area contributed by atoms with E-state index in [2.05, 4.69) is 5.32 Å². The lowest BCUT2D eigenvalue weighted by Gasteiger charge is -2.20.